The zero-order valence-corrected chi connectivity index (χ0v) is 14.3. The molecule has 0 saturated carbocycles. The summed E-state index contributed by atoms with van der Waals surface area (Å²) in [5.41, 5.74) is 2.68. The topological polar surface area (TPSA) is 21.3 Å². The molecule has 0 aliphatic carbocycles. The fourth-order valence-corrected chi connectivity index (χ4v) is 3.30. The van der Waals surface area contributed by atoms with Gasteiger partial charge in [0.2, 0.25) is 0 Å². The van der Waals surface area contributed by atoms with E-state index in [-0.39, 0.29) is 5.04 Å². The van der Waals surface area contributed by atoms with Crippen molar-refractivity contribution < 1.29 is 4.43 Å². The highest BCUT2D eigenvalue weighted by Crippen LogP contribution is 2.40. The summed E-state index contributed by atoms with van der Waals surface area (Å²) in [5.74, 6) is 0.857. The molecule has 0 fully saturated rings. The van der Waals surface area contributed by atoms with Gasteiger partial charge in [-0.1, -0.05) is 32.4 Å². The Hall–Kier alpha value is -0.513. The third kappa shape index (κ3) is 3.15. The lowest BCUT2D eigenvalue weighted by Gasteiger charge is -2.37. The fourth-order valence-electron chi connectivity index (χ4n) is 1.99. The number of hydrogen-bond acceptors (Lipinski definition) is 2. The van der Waals surface area contributed by atoms with Crippen LogP contribution in [0.3, 0.4) is 0 Å². The number of hydrogen-bond donors (Lipinski definition) is 1. The van der Waals surface area contributed by atoms with Gasteiger partial charge in [0.25, 0.3) is 8.32 Å². The molecule has 19 heavy (non-hydrogen) atoms. The van der Waals surface area contributed by atoms with E-state index in [2.05, 4.69) is 51.3 Å². The van der Waals surface area contributed by atoms with Crippen molar-refractivity contribution >= 4 is 19.9 Å². The summed E-state index contributed by atoms with van der Waals surface area (Å²) in [5, 5.41) is 4.33. The minimum absolute atomic E-state index is 0.185. The summed E-state index contributed by atoms with van der Waals surface area (Å²) in [6.07, 6.45) is 1.05. The molecule has 106 valence electrons. The molecule has 1 aromatic rings. The summed E-state index contributed by atoms with van der Waals surface area (Å²) in [4.78, 5) is 0. The highest BCUT2D eigenvalue weighted by molar-refractivity contribution is 6.74. The van der Waals surface area contributed by atoms with Crippen LogP contribution in [0.15, 0.2) is 12.1 Å². The molecule has 1 aromatic carbocycles. The van der Waals surface area contributed by atoms with Crippen LogP contribution in [0.4, 0.5) is 0 Å². The van der Waals surface area contributed by atoms with E-state index in [9.17, 15) is 0 Å². The lowest BCUT2D eigenvalue weighted by atomic mass is 10.0. The monoisotopic (exact) mass is 297 g/mol. The maximum atomic E-state index is 6.39. The standard InChI is InChI=1S/C15H24ClNOSi/c1-15(2,3)19(4,5)18-14-9-12-10-17-7-6-11(12)8-13(14)16/h8-9,17H,6-7,10H2,1-5H3. The molecule has 1 aliphatic heterocycles. The summed E-state index contributed by atoms with van der Waals surface area (Å²) in [6, 6.07) is 4.21. The Bertz CT molecular complexity index is 480. The third-order valence-electron chi connectivity index (χ3n) is 4.31. The van der Waals surface area contributed by atoms with Crippen LogP contribution in [-0.2, 0) is 13.0 Å². The summed E-state index contributed by atoms with van der Waals surface area (Å²) in [6.45, 7) is 13.2. The lowest BCUT2D eigenvalue weighted by molar-refractivity contribution is 0.490. The molecule has 0 bridgehead atoms. The maximum Gasteiger partial charge on any atom is 0.250 e. The number of fused-ring (bicyclic) bond motifs is 1. The molecule has 4 heteroatoms. The van der Waals surface area contributed by atoms with Crippen molar-refractivity contribution in [2.75, 3.05) is 6.54 Å². The predicted molar refractivity (Wildman–Crippen MR) is 84.7 cm³/mol. The molecule has 2 nitrogen and oxygen atoms in total. The highest BCUT2D eigenvalue weighted by Gasteiger charge is 2.39. The second-order valence-corrected chi connectivity index (χ2v) is 12.0. The van der Waals surface area contributed by atoms with Gasteiger partial charge in [-0.25, -0.2) is 0 Å². The van der Waals surface area contributed by atoms with E-state index in [4.69, 9.17) is 16.0 Å². The second kappa shape index (κ2) is 5.11. The van der Waals surface area contributed by atoms with Gasteiger partial charge < -0.3 is 9.74 Å². The van der Waals surface area contributed by atoms with Crippen LogP contribution in [-0.4, -0.2) is 14.9 Å². The molecule has 0 spiro atoms. The Morgan fingerprint density at radius 2 is 1.89 bits per heavy atom. The van der Waals surface area contributed by atoms with Crippen LogP contribution in [0.2, 0.25) is 23.2 Å². The second-order valence-electron chi connectivity index (χ2n) is 6.84. The predicted octanol–water partition coefficient (Wildman–Crippen LogP) is 4.37. The van der Waals surface area contributed by atoms with Gasteiger partial charge >= 0.3 is 0 Å². The van der Waals surface area contributed by atoms with Crippen LogP contribution >= 0.6 is 11.6 Å². The van der Waals surface area contributed by atoms with Gasteiger partial charge in [0.15, 0.2) is 0 Å². The van der Waals surface area contributed by atoms with Crippen LogP contribution < -0.4 is 9.74 Å². The normalized spacial score (nSPS) is 16.1. The van der Waals surface area contributed by atoms with E-state index in [1.165, 1.54) is 11.1 Å². The molecule has 0 atom stereocenters. The van der Waals surface area contributed by atoms with Gasteiger partial charge in [-0.05, 0) is 54.4 Å². The average molecular weight is 298 g/mol. The molecular weight excluding hydrogens is 274 g/mol. The largest absolute Gasteiger partial charge is 0.542 e. The number of nitrogens with one attached hydrogen (secondary N) is 1. The Kier molecular flexibility index (Phi) is 4.01. The Balaban J connectivity index is 2.31. The van der Waals surface area contributed by atoms with Gasteiger partial charge in [0.05, 0.1) is 5.02 Å². The third-order valence-corrected chi connectivity index (χ3v) is 8.95. The van der Waals surface area contributed by atoms with Gasteiger partial charge in [-0.3, -0.25) is 0 Å². The number of rotatable bonds is 2. The van der Waals surface area contributed by atoms with E-state index < -0.39 is 8.32 Å². The van der Waals surface area contributed by atoms with Gasteiger partial charge in [0, 0.05) is 6.54 Å². The Morgan fingerprint density at radius 3 is 2.53 bits per heavy atom. The summed E-state index contributed by atoms with van der Waals surface area (Å²) >= 11 is 6.39. The molecule has 0 amide bonds. The summed E-state index contributed by atoms with van der Waals surface area (Å²) in [7, 11) is -1.83. The van der Waals surface area contributed by atoms with Crippen molar-refractivity contribution in [3.05, 3.63) is 28.3 Å². The van der Waals surface area contributed by atoms with E-state index >= 15 is 0 Å². The van der Waals surface area contributed by atoms with Gasteiger partial charge in [-0.15, -0.1) is 0 Å². The van der Waals surface area contributed by atoms with E-state index in [0.717, 1.165) is 30.3 Å². The first kappa shape index (κ1) is 14.9. The lowest BCUT2D eigenvalue weighted by Crippen LogP contribution is -2.44. The molecule has 2 rings (SSSR count). The van der Waals surface area contributed by atoms with E-state index in [0.29, 0.717) is 0 Å². The van der Waals surface area contributed by atoms with Crippen molar-refractivity contribution in [1.82, 2.24) is 5.32 Å². The quantitative estimate of drug-likeness (QED) is 0.819. The van der Waals surface area contributed by atoms with Crippen molar-refractivity contribution in [3.8, 4) is 5.75 Å². The van der Waals surface area contributed by atoms with Crippen molar-refractivity contribution in [2.24, 2.45) is 0 Å². The SMILES string of the molecule is CC(C)(C)[Si](C)(C)Oc1cc2c(cc1Cl)CCNC2. The van der Waals surface area contributed by atoms with Crippen LogP contribution in [0.25, 0.3) is 0 Å². The van der Waals surface area contributed by atoms with Crippen LogP contribution in [0.5, 0.6) is 5.75 Å². The molecule has 1 heterocycles. The first-order valence-electron chi connectivity index (χ1n) is 6.92. The molecule has 0 radical (unpaired) electrons. The van der Waals surface area contributed by atoms with Gasteiger partial charge in [-0.2, -0.15) is 0 Å². The zero-order valence-electron chi connectivity index (χ0n) is 12.6. The van der Waals surface area contributed by atoms with Crippen LogP contribution in [0.1, 0.15) is 31.9 Å². The van der Waals surface area contributed by atoms with Crippen LogP contribution in [0, 0.1) is 0 Å². The van der Waals surface area contributed by atoms with E-state index in [1.54, 1.807) is 0 Å². The zero-order chi connectivity index (χ0) is 14.3. The van der Waals surface area contributed by atoms with E-state index in [1.807, 2.05) is 0 Å². The molecule has 0 aromatic heterocycles. The number of halogens is 1. The first-order valence-corrected chi connectivity index (χ1v) is 10.2. The Labute approximate surface area is 122 Å². The fraction of sp³-hybridized carbons (Fsp3) is 0.600. The smallest absolute Gasteiger partial charge is 0.250 e. The molecule has 1 aliphatic rings. The summed E-state index contributed by atoms with van der Waals surface area (Å²) < 4.78 is 6.34. The Morgan fingerprint density at radius 1 is 1.21 bits per heavy atom. The highest BCUT2D eigenvalue weighted by atomic mass is 35.5. The van der Waals surface area contributed by atoms with Crippen molar-refractivity contribution in [2.45, 2.75) is 51.9 Å². The van der Waals surface area contributed by atoms with Crippen molar-refractivity contribution in [1.29, 1.82) is 0 Å². The minimum Gasteiger partial charge on any atom is -0.542 e. The molecule has 1 N–H and O–H groups in total. The van der Waals surface area contributed by atoms with Crippen molar-refractivity contribution in [3.63, 3.8) is 0 Å². The minimum atomic E-state index is -1.83. The average Bonchev–Trinajstić information content (AvgIpc) is 2.28. The molecule has 0 saturated heterocycles. The molecule has 0 unspecified atom stereocenters. The number of benzene rings is 1. The first-order chi connectivity index (χ1) is 8.71. The maximum absolute atomic E-state index is 6.39. The molecular formula is C15H24ClNOSi. The van der Waals surface area contributed by atoms with Gasteiger partial charge in [0.1, 0.15) is 5.75 Å².